The molecule has 3 rings (SSSR count). The summed E-state index contributed by atoms with van der Waals surface area (Å²) in [6, 6.07) is 13.4. The third-order valence-electron chi connectivity index (χ3n) is 4.00. The van der Waals surface area contributed by atoms with E-state index in [1.165, 1.54) is 9.80 Å². The topological polar surface area (TPSA) is 62.6 Å². The summed E-state index contributed by atoms with van der Waals surface area (Å²) < 4.78 is 5.81. The van der Waals surface area contributed by atoms with Gasteiger partial charge in [-0.2, -0.15) is 0 Å². The molecule has 132 valence electrons. The Hall–Kier alpha value is -1.73. The highest BCUT2D eigenvalue weighted by Gasteiger charge is 2.43. The molecule has 1 aliphatic rings. The number of hydrogen-bond acceptors (Lipinski definition) is 4. The van der Waals surface area contributed by atoms with Crippen molar-refractivity contribution in [3.05, 3.63) is 52.9 Å². The highest BCUT2D eigenvalue weighted by molar-refractivity contribution is 9.10. The third-order valence-corrected chi connectivity index (χ3v) is 5.92. The van der Waals surface area contributed by atoms with Crippen LogP contribution in [0.4, 0.5) is 0 Å². The summed E-state index contributed by atoms with van der Waals surface area (Å²) in [4.78, 5) is 26.9. The van der Waals surface area contributed by atoms with Crippen molar-refractivity contribution in [2.75, 3.05) is 20.1 Å². The summed E-state index contributed by atoms with van der Waals surface area (Å²) in [7, 11) is 1.59. The predicted molar refractivity (Wildman–Crippen MR) is 101 cm³/mol. The molecule has 5 nitrogen and oxygen atoms in total. The van der Waals surface area contributed by atoms with E-state index in [9.17, 15) is 9.59 Å². The molecule has 2 amide bonds. The number of hydrogen-bond donors (Lipinski definition) is 1. The molecule has 0 bridgehead atoms. The zero-order valence-electron chi connectivity index (χ0n) is 13.8. The molecule has 7 heteroatoms. The molecule has 25 heavy (non-hydrogen) atoms. The Morgan fingerprint density at radius 2 is 1.96 bits per heavy atom. The summed E-state index contributed by atoms with van der Waals surface area (Å²) >= 11 is 4.97. The molecule has 2 aromatic rings. The molecule has 1 N–H and O–H groups in total. The number of rotatable bonds is 7. The van der Waals surface area contributed by atoms with Crippen LogP contribution in [-0.2, 0) is 4.79 Å². The Labute approximate surface area is 159 Å². The lowest BCUT2D eigenvalue weighted by Crippen LogP contribution is -2.40. The molecule has 1 fully saturated rings. The highest BCUT2D eigenvalue weighted by Crippen LogP contribution is 2.51. The van der Waals surface area contributed by atoms with E-state index in [0.717, 1.165) is 12.8 Å². The largest absolute Gasteiger partial charge is 0.444 e. The van der Waals surface area contributed by atoms with E-state index in [2.05, 4.69) is 33.4 Å². The Bertz CT molecular complexity index is 759. The molecule has 0 aliphatic heterocycles. The van der Waals surface area contributed by atoms with E-state index in [1.54, 1.807) is 19.2 Å². The number of nitrogens with zero attached hydrogens (tertiary/aromatic N) is 1. The fourth-order valence-electron chi connectivity index (χ4n) is 2.41. The van der Waals surface area contributed by atoms with Gasteiger partial charge in [-0.05, 0) is 53.0 Å². The normalized spacial score (nSPS) is 14.8. The second-order valence-electron chi connectivity index (χ2n) is 6.14. The average molecular weight is 423 g/mol. The van der Waals surface area contributed by atoms with E-state index in [1.807, 2.05) is 30.0 Å². The van der Waals surface area contributed by atoms with Gasteiger partial charge in [-0.3, -0.25) is 9.59 Å². The Morgan fingerprint density at radius 1 is 1.24 bits per heavy atom. The van der Waals surface area contributed by atoms with Gasteiger partial charge in [0.05, 0.1) is 6.54 Å². The molecule has 1 aromatic heterocycles. The molecule has 0 unspecified atom stereocenters. The van der Waals surface area contributed by atoms with E-state index in [0.29, 0.717) is 11.2 Å². The maximum atomic E-state index is 12.2. The lowest BCUT2D eigenvalue weighted by Gasteiger charge is -2.18. The van der Waals surface area contributed by atoms with Gasteiger partial charge in [0.15, 0.2) is 10.4 Å². The third kappa shape index (κ3) is 4.89. The van der Waals surface area contributed by atoms with Crippen LogP contribution in [0.25, 0.3) is 0 Å². The molecular weight excluding hydrogens is 404 g/mol. The maximum Gasteiger partial charge on any atom is 0.289 e. The van der Waals surface area contributed by atoms with Crippen molar-refractivity contribution in [1.29, 1.82) is 0 Å². The SMILES string of the molecule is CN(CC(=O)NCC1(Sc2ccccc2)CC1)C(=O)c1ccc(Br)o1. The number of halogens is 1. The van der Waals surface area contributed by atoms with Crippen LogP contribution in [0.2, 0.25) is 0 Å². The van der Waals surface area contributed by atoms with Crippen LogP contribution < -0.4 is 5.32 Å². The number of furan rings is 1. The van der Waals surface area contributed by atoms with Crippen molar-refractivity contribution in [3.63, 3.8) is 0 Å². The summed E-state index contributed by atoms with van der Waals surface area (Å²) in [6.45, 7) is 0.614. The average Bonchev–Trinajstić information content (AvgIpc) is 3.23. The van der Waals surface area contributed by atoms with E-state index >= 15 is 0 Å². The van der Waals surface area contributed by atoms with Gasteiger partial charge >= 0.3 is 0 Å². The van der Waals surface area contributed by atoms with Crippen LogP contribution in [0.15, 0.2) is 56.4 Å². The predicted octanol–water partition coefficient (Wildman–Crippen LogP) is 3.56. The number of nitrogens with one attached hydrogen (secondary N) is 1. The van der Waals surface area contributed by atoms with Gasteiger partial charge in [0.1, 0.15) is 0 Å². The monoisotopic (exact) mass is 422 g/mol. The van der Waals surface area contributed by atoms with Crippen LogP contribution in [0, 0.1) is 0 Å². The van der Waals surface area contributed by atoms with Crippen molar-refractivity contribution >= 4 is 39.5 Å². The molecule has 0 saturated heterocycles. The summed E-state index contributed by atoms with van der Waals surface area (Å²) in [5.41, 5.74) is 0. The van der Waals surface area contributed by atoms with Crippen LogP contribution in [0.1, 0.15) is 23.4 Å². The minimum Gasteiger partial charge on any atom is -0.444 e. The first kappa shape index (κ1) is 18.1. The Kier molecular flexibility index (Phi) is 5.54. The molecule has 1 aliphatic carbocycles. The molecule has 1 heterocycles. The fraction of sp³-hybridized carbons (Fsp3) is 0.333. The summed E-state index contributed by atoms with van der Waals surface area (Å²) in [5, 5.41) is 2.95. The fourth-order valence-corrected chi connectivity index (χ4v) is 3.96. The molecular formula is C18H19BrN2O3S. The zero-order valence-corrected chi connectivity index (χ0v) is 16.2. The number of thioether (sulfide) groups is 1. The van der Waals surface area contributed by atoms with Gasteiger partial charge in [-0.1, -0.05) is 18.2 Å². The van der Waals surface area contributed by atoms with Crippen LogP contribution in [-0.4, -0.2) is 41.6 Å². The van der Waals surface area contributed by atoms with Crippen molar-refractivity contribution < 1.29 is 14.0 Å². The standard InChI is InChI=1S/C18H19BrN2O3S/c1-21(17(23)14-7-8-15(19)24-14)11-16(22)20-12-18(9-10-18)25-13-5-3-2-4-6-13/h2-8H,9-12H2,1H3,(H,20,22). The van der Waals surface area contributed by atoms with E-state index in [4.69, 9.17) is 4.42 Å². The van der Waals surface area contributed by atoms with Crippen molar-refractivity contribution in [1.82, 2.24) is 10.2 Å². The first-order chi connectivity index (χ1) is 12.0. The first-order valence-corrected chi connectivity index (χ1v) is 9.60. The molecule has 1 aromatic carbocycles. The number of amides is 2. The van der Waals surface area contributed by atoms with Crippen molar-refractivity contribution in [3.8, 4) is 0 Å². The number of carbonyl (C=O) groups is 2. The highest BCUT2D eigenvalue weighted by atomic mass is 79.9. The van der Waals surface area contributed by atoms with Crippen LogP contribution >= 0.6 is 27.7 Å². The van der Waals surface area contributed by atoms with Gasteiger partial charge in [-0.15, -0.1) is 11.8 Å². The van der Waals surface area contributed by atoms with Gasteiger partial charge in [0.2, 0.25) is 5.91 Å². The molecule has 0 spiro atoms. The minimum atomic E-state index is -0.319. The lowest BCUT2D eigenvalue weighted by molar-refractivity contribution is -0.121. The number of benzene rings is 1. The first-order valence-electron chi connectivity index (χ1n) is 7.99. The molecule has 1 saturated carbocycles. The number of carbonyl (C=O) groups excluding carboxylic acids is 2. The van der Waals surface area contributed by atoms with Gasteiger partial charge in [-0.25, -0.2) is 0 Å². The molecule has 0 radical (unpaired) electrons. The van der Waals surface area contributed by atoms with E-state index < -0.39 is 0 Å². The zero-order chi connectivity index (χ0) is 17.9. The van der Waals surface area contributed by atoms with Crippen molar-refractivity contribution in [2.45, 2.75) is 22.5 Å². The van der Waals surface area contributed by atoms with Crippen LogP contribution in [0.5, 0.6) is 0 Å². The smallest absolute Gasteiger partial charge is 0.289 e. The summed E-state index contributed by atoms with van der Waals surface area (Å²) in [5.74, 6) is -0.275. The minimum absolute atomic E-state index is 0.00321. The Morgan fingerprint density at radius 3 is 2.56 bits per heavy atom. The van der Waals surface area contributed by atoms with Gasteiger partial charge in [0.25, 0.3) is 5.91 Å². The quantitative estimate of drug-likeness (QED) is 0.740. The second-order valence-corrected chi connectivity index (χ2v) is 8.46. The number of likely N-dealkylation sites (N-methyl/N-ethyl adjacent to an activating group) is 1. The molecule has 0 atom stereocenters. The van der Waals surface area contributed by atoms with Gasteiger partial charge in [0, 0.05) is 23.2 Å². The van der Waals surface area contributed by atoms with Crippen LogP contribution in [0.3, 0.4) is 0 Å². The van der Waals surface area contributed by atoms with Gasteiger partial charge < -0.3 is 14.6 Å². The van der Waals surface area contributed by atoms with Crippen molar-refractivity contribution in [2.24, 2.45) is 0 Å². The Balaban J connectivity index is 1.47. The summed E-state index contributed by atoms with van der Waals surface area (Å²) in [6.07, 6.45) is 2.17. The van der Waals surface area contributed by atoms with E-state index in [-0.39, 0.29) is 28.9 Å². The maximum absolute atomic E-state index is 12.2. The second kappa shape index (κ2) is 7.66. The lowest BCUT2D eigenvalue weighted by atomic mass is 10.3.